The van der Waals surface area contributed by atoms with E-state index in [1.165, 1.54) is 6.33 Å². The summed E-state index contributed by atoms with van der Waals surface area (Å²) in [5.41, 5.74) is -0.189. The molecule has 0 radical (unpaired) electrons. The first kappa shape index (κ1) is 14.6. The highest BCUT2D eigenvalue weighted by atomic mass is 19.2. The van der Waals surface area contributed by atoms with Crippen LogP contribution in [0.15, 0.2) is 24.5 Å². The Bertz CT molecular complexity index is 677. The van der Waals surface area contributed by atoms with E-state index in [9.17, 15) is 13.2 Å². The van der Waals surface area contributed by atoms with Crippen molar-refractivity contribution in [3.8, 4) is 0 Å². The topological polar surface area (TPSA) is 50.3 Å². The fourth-order valence-electron chi connectivity index (χ4n) is 2.14. The molecule has 0 unspecified atom stereocenters. The molecule has 1 fully saturated rings. The van der Waals surface area contributed by atoms with Crippen LogP contribution in [0.4, 0.5) is 30.5 Å². The molecule has 1 aliphatic heterocycles. The summed E-state index contributed by atoms with van der Waals surface area (Å²) in [6.07, 6.45) is 1.32. The molecule has 116 valence electrons. The molecule has 1 saturated heterocycles. The average Bonchev–Trinajstić information content (AvgIpc) is 2.57. The van der Waals surface area contributed by atoms with Crippen LogP contribution < -0.4 is 10.2 Å². The molecule has 22 heavy (non-hydrogen) atoms. The molecule has 0 atom stereocenters. The molecule has 0 aliphatic carbocycles. The summed E-state index contributed by atoms with van der Waals surface area (Å²) in [6.45, 7) is 2.58. The van der Waals surface area contributed by atoms with Crippen LogP contribution in [0, 0.1) is 17.5 Å². The van der Waals surface area contributed by atoms with Crippen molar-refractivity contribution in [2.75, 3.05) is 36.5 Å². The minimum atomic E-state index is -1.52. The van der Waals surface area contributed by atoms with Gasteiger partial charge in [-0.2, -0.15) is 0 Å². The second-order valence-corrected chi connectivity index (χ2v) is 4.71. The number of morpholine rings is 1. The third-order valence-electron chi connectivity index (χ3n) is 3.29. The van der Waals surface area contributed by atoms with E-state index in [1.807, 2.05) is 4.90 Å². The van der Waals surface area contributed by atoms with Crippen LogP contribution in [-0.4, -0.2) is 36.3 Å². The van der Waals surface area contributed by atoms with E-state index >= 15 is 0 Å². The zero-order valence-electron chi connectivity index (χ0n) is 11.5. The Morgan fingerprint density at radius 1 is 1.05 bits per heavy atom. The fraction of sp³-hybridized carbons (Fsp3) is 0.286. The van der Waals surface area contributed by atoms with Gasteiger partial charge in [-0.05, 0) is 12.1 Å². The van der Waals surface area contributed by atoms with E-state index in [-0.39, 0.29) is 5.69 Å². The van der Waals surface area contributed by atoms with Gasteiger partial charge in [0.25, 0.3) is 0 Å². The van der Waals surface area contributed by atoms with E-state index in [1.54, 1.807) is 6.07 Å². The number of nitrogens with one attached hydrogen (secondary N) is 1. The summed E-state index contributed by atoms with van der Waals surface area (Å²) < 4.78 is 45.1. The molecule has 0 saturated carbocycles. The SMILES string of the molecule is Fc1ccc(Nc2cc(N3CCOCC3)ncn2)c(F)c1F. The number of rotatable bonds is 3. The van der Waals surface area contributed by atoms with Gasteiger partial charge in [0.2, 0.25) is 0 Å². The summed E-state index contributed by atoms with van der Waals surface area (Å²) in [7, 11) is 0. The first-order valence-corrected chi connectivity index (χ1v) is 6.70. The number of anilines is 3. The monoisotopic (exact) mass is 310 g/mol. The van der Waals surface area contributed by atoms with Crippen molar-refractivity contribution in [3.63, 3.8) is 0 Å². The van der Waals surface area contributed by atoms with Crippen LogP contribution >= 0.6 is 0 Å². The zero-order chi connectivity index (χ0) is 15.5. The maximum Gasteiger partial charge on any atom is 0.196 e. The highest BCUT2D eigenvalue weighted by Crippen LogP contribution is 2.24. The molecule has 1 aromatic heterocycles. The number of halogens is 3. The quantitative estimate of drug-likeness (QED) is 0.883. The number of benzene rings is 1. The molecule has 0 bridgehead atoms. The highest BCUT2D eigenvalue weighted by molar-refractivity contribution is 5.60. The molecule has 5 nitrogen and oxygen atoms in total. The standard InChI is InChI=1S/C14H13F3N4O/c15-9-1-2-10(14(17)13(9)16)20-11-7-12(19-8-18-11)21-3-5-22-6-4-21/h1-2,7-8H,3-6H2,(H,18,19,20). The maximum absolute atomic E-state index is 13.7. The highest BCUT2D eigenvalue weighted by Gasteiger charge is 2.16. The molecule has 2 heterocycles. The molecular formula is C14H13F3N4O. The van der Waals surface area contributed by atoms with Gasteiger partial charge >= 0.3 is 0 Å². The van der Waals surface area contributed by atoms with Gasteiger partial charge in [-0.25, -0.2) is 23.1 Å². The lowest BCUT2D eigenvalue weighted by molar-refractivity contribution is 0.122. The summed E-state index contributed by atoms with van der Waals surface area (Å²) >= 11 is 0. The van der Waals surface area contributed by atoms with Crippen molar-refractivity contribution < 1.29 is 17.9 Å². The van der Waals surface area contributed by atoms with Crippen molar-refractivity contribution in [1.29, 1.82) is 0 Å². The largest absolute Gasteiger partial charge is 0.378 e. The van der Waals surface area contributed by atoms with E-state index in [2.05, 4.69) is 15.3 Å². The van der Waals surface area contributed by atoms with Crippen LogP contribution in [0.1, 0.15) is 0 Å². The number of hydrogen-bond donors (Lipinski definition) is 1. The van der Waals surface area contributed by atoms with E-state index in [0.717, 1.165) is 12.1 Å². The molecule has 0 spiro atoms. The van der Waals surface area contributed by atoms with Crippen LogP contribution in [0.3, 0.4) is 0 Å². The molecule has 0 amide bonds. The average molecular weight is 310 g/mol. The van der Waals surface area contributed by atoms with Gasteiger partial charge in [-0.15, -0.1) is 0 Å². The van der Waals surface area contributed by atoms with Gasteiger partial charge in [0, 0.05) is 19.2 Å². The molecule has 3 rings (SSSR count). The normalized spacial score (nSPS) is 15.0. The second kappa shape index (κ2) is 6.18. The molecular weight excluding hydrogens is 297 g/mol. The number of ether oxygens (including phenoxy) is 1. The first-order chi connectivity index (χ1) is 10.6. The number of aromatic nitrogens is 2. The van der Waals surface area contributed by atoms with E-state index in [0.29, 0.717) is 37.9 Å². The molecule has 1 aromatic carbocycles. The Balaban J connectivity index is 1.82. The van der Waals surface area contributed by atoms with Crippen molar-refractivity contribution in [2.45, 2.75) is 0 Å². The Morgan fingerprint density at radius 3 is 2.59 bits per heavy atom. The van der Waals surface area contributed by atoms with Crippen molar-refractivity contribution >= 4 is 17.3 Å². The Morgan fingerprint density at radius 2 is 1.82 bits per heavy atom. The smallest absolute Gasteiger partial charge is 0.196 e. The Hall–Kier alpha value is -2.35. The molecule has 1 N–H and O–H groups in total. The maximum atomic E-state index is 13.7. The summed E-state index contributed by atoms with van der Waals surface area (Å²) in [5, 5.41) is 2.63. The molecule has 2 aromatic rings. The second-order valence-electron chi connectivity index (χ2n) is 4.71. The Kier molecular flexibility index (Phi) is 4.10. The van der Waals surface area contributed by atoms with Gasteiger partial charge in [0.15, 0.2) is 17.5 Å². The van der Waals surface area contributed by atoms with Crippen LogP contribution in [0.2, 0.25) is 0 Å². The minimum Gasteiger partial charge on any atom is -0.378 e. The zero-order valence-corrected chi connectivity index (χ0v) is 11.5. The van der Waals surface area contributed by atoms with Gasteiger partial charge in [0.05, 0.1) is 18.9 Å². The van der Waals surface area contributed by atoms with Crippen LogP contribution in [0.5, 0.6) is 0 Å². The molecule has 1 aliphatic rings. The van der Waals surface area contributed by atoms with Crippen molar-refractivity contribution in [3.05, 3.63) is 42.0 Å². The number of nitrogens with zero attached hydrogens (tertiary/aromatic N) is 3. The van der Waals surface area contributed by atoms with Gasteiger partial charge in [-0.3, -0.25) is 0 Å². The third kappa shape index (κ3) is 2.96. The summed E-state index contributed by atoms with van der Waals surface area (Å²) in [6, 6.07) is 3.58. The van der Waals surface area contributed by atoms with Gasteiger partial charge < -0.3 is 15.0 Å². The predicted octanol–water partition coefficient (Wildman–Crippen LogP) is 2.47. The van der Waals surface area contributed by atoms with E-state index < -0.39 is 17.5 Å². The first-order valence-electron chi connectivity index (χ1n) is 6.70. The summed E-state index contributed by atoms with van der Waals surface area (Å²) in [5.74, 6) is -3.09. The lowest BCUT2D eigenvalue weighted by Crippen LogP contribution is -2.36. The number of hydrogen-bond acceptors (Lipinski definition) is 5. The predicted molar refractivity (Wildman–Crippen MR) is 74.7 cm³/mol. The Labute approximate surface area is 124 Å². The van der Waals surface area contributed by atoms with Gasteiger partial charge in [0.1, 0.15) is 18.0 Å². The minimum absolute atomic E-state index is 0.189. The third-order valence-corrected chi connectivity index (χ3v) is 3.29. The fourth-order valence-corrected chi connectivity index (χ4v) is 2.14. The van der Waals surface area contributed by atoms with Crippen molar-refractivity contribution in [2.24, 2.45) is 0 Å². The van der Waals surface area contributed by atoms with Crippen LogP contribution in [-0.2, 0) is 4.74 Å². The summed E-state index contributed by atoms with van der Waals surface area (Å²) in [4.78, 5) is 10.1. The van der Waals surface area contributed by atoms with E-state index in [4.69, 9.17) is 4.74 Å². The lowest BCUT2D eigenvalue weighted by atomic mass is 10.2. The van der Waals surface area contributed by atoms with Gasteiger partial charge in [-0.1, -0.05) is 0 Å². The molecule has 8 heteroatoms. The lowest BCUT2D eigenvalue weighted by Gasteiger charge is -2.27. The van der Waals surface area contributed by atoms with Crippen molar-refractivity contribution in [1.82, 2.24) is 9.97 Å². The van der Waals surface area contributed by atoms with Crippen LogP contribution in [0.25, 0.3) is 0 Å².